The first-order valence-corrected chi connectivity index (χ1v) is 8.98. The quantitative estimate of drug-likeness (QED) is 0.908. The van der Waals surface area contributed by atoms with Crippen molar-refractivity contribution in [1.82, 2.24) is 14.7 Å². The second-order valence-corrected chi connectivity index (χ2v) is 6.94. The zero-order chi connectivity index (χ0) is 17.2. The largest absolute Gasteiger partial charge is 0.376 e. The van der Waals surface area contributed by atoms with Crippen LogP contribution < -0.4 is 5.32 Å². The van der Waals surface area contributed by atoms with Gasteiger partial charge in [0.15, 0.2) is 0 Å². The zero-order valence-corrected chi connectivity index (χ0v) is 14.5. The van der Waals surface area contributed by atoms with Gasteiger partial charge in [-0.3, -0.25) is 9.69 Å². The summed E-state index contributed by atoms with van der Waals surface area (Å²) in [6, 6.07) is 12.0. The lowest BCUT2D eigenvalue weighted by Crippen LogP contribution is -2.44. The molecule has 1 N–H and O–H groups in total. The van der Waals surface area contributed by atoms with Crippen molar-refractivity contribution < 1.29 is 9.53 Å². The summed E-state index contributed by atoms with van der Waals surface area (Å²) in [5, 5.41) is 7.78. The molecule has 2 aliphatic rings. The van der Waals surface area contributed by atoms with E-state index in [0.717, 1.165) is 30.3 Å². The number of benzene rings is 1. The van der Waals surface area contributed by atoms with E-state index in [1.807, 2.05) is 48.0 Å². The Balaban J connectivity index is 1.50. The third-order valence-electron chi connectivity index (χ3n) is 4.68. The van der Waals surface area contributed by atoms with E-state index in [4.69, 9.17) is 9.84 Å². The highest BCUT2D eigenvalue weighted by atomic mass is 16.5. The van der Waals surface area contributed by atoms with Crippen LogP contribution in [0.2, 0.25) is 0 Å². The maximum Gasteiger partial charge on any atom is 0.239 e. The topological polar surface area (TPSA) is 59.4 Å². The van der Waals surface area contributed by atoms with Crippen LogP contribution >= 0.6 is 0 Å². The van der Waals surface area contributed by atoms with Crippen molar-refractivity contribution in [2.75, 3.05) is 31.6 Å². The number of para-hydroxylation sites is 1. The molecule has 1 aromatic heterocycles. The molecule has 0 unspecified atom stereocenters. The SMILES string of the molecule is C[C@H]1CN(CC(=O)Nc2cc(C3CC3)nn2-c2ccccc2)CCO1. The number of nitrogens with one attached hydrogen (secondary N) is 1. The standard InChI is InChI=1S/C19H24N4O2/c1-14-12-22(9-10-25-14)13-19(24)20-18-11-17(15-7-8-15)21-23(18)16-5-3-2-4-6-16/h2-6,11,14-15H,7-10,12-13H2,1H3,(H,20,24)/t14-/m0/s1. The first kappa shape index (κ1) is 16.3. The summed E-state index contributed by atoms with van der Waals surface area (Å²) in [6.07, 6.45) is 2.55. The van der Waals surface area contributed by atoms with Gasteiger partial charge < -0.3 is 10.1 Å². The number of anilines is 1. The van der Waals surface area contributed by atoms with E-state index in [1.165, 1.54) is 12.8 Å². The summed E-state index contributed by atoms with van der Waals surface area (Å²) in [6.45, 7) is 4.69. The summed E-state index contributed by atoms with van der Waals surface area (Å²) in [5.41, 5.74) is 2.03. The van der Waals surface area contributed by atoms with Crippen molar-refractivity contribution in [2.24, 2.45) is 0 Å². The van der Waals surface area contributed by atoms with Gasteiger partial charge in [0.05, 0.1) is 30.6 Å². The number of morpholine rings is 1. The minimum Gasteiger partial charge on any atom is -0.376 e. The van der Waals surface area contributed by atoms with Crippen LogP contribution in [-0.2, 0) is 9.53 Å². The molecule has 2 aromatic rings. The molecule has 132 valence electrons. The molecule has 1 atom stereocenters. The van der Waals surface area contributed by atoms with Crippen molar-refractivity contribution in [3.05, 3.63) is 42.1 Å². The molecule has 1 amide bonds. The van der Waals surface area contributed by atoms with Gasteiger partial charge in [0.2, 0.25) is 5.91 Å². The fourth-order valence-electron chi connectivity index (χ4n) is 3.25. The molecule has 4 rings (SSSR count). The van der Waals surface area contributed by atoms with Crippen LogP contribution in [0.5, 0.6) is 0 Å². The Morgan fingerprint density at radius 1 is 1.32 bits per heavy atom. The van der Waals surface area contributed by atoms with Crippen molar-refractivity contribution in [3.8, 4) is 5.69 Å². The lowest BCUT2D eigenvalue weighted by Gasteiger charge is -2.30. The maximum atomic E-state index is 12.5. The second-order valence-electron chi connectivity index (χ2n) is 6.94. The monoisotopic (exact) mass is 340 g/mol. The molecule has 0 radical (unpaired) electrons. The van der Waals surface area contributed by atoms with Gasteiger partial charge in [0.25, 0.3) is 0 Å². The van der Waals surface area contributed by atoms with Crippen molar-refractivity contribution >= 4 is 11.7 Å². The Morgan fingerprint density at radius 2 is 2.12 bits per heavy atom. The van der Waals surface area contributed by atoms with Gasteiger partial charge in [-0.05, 0) is 31.9 Å². The van der Waals surface area contributed by atoms with Gasteiger partial charge in [-0.1, -0.05) is 18.2 Å². The Kier molecular flexibility index (Phi) is 4.55. The molecule has 6 nitrogen and oxygen atoms in total. The van der Waals surface area contributed by atoms with Gasteiger partial charge in [0, 0.05) is 25.1 Å². The average Bonchev–Trinajstić information content (AvgIpc) is 3.37. The molecule has 1 aliphatic carbocycles. The third-order valence-corrected chi connectivity index (χ3v) is 4.68. The highest BCUT2D eigenvalue weighted by molar-refractivity contribution is 5.91. The molecule has 0 spiro atoms. The van der Waals surface area contributed by atoms with Crippen LogP contribution in [-0.4, -0.2) is 52.9 Å². The van der Waals surface area contributed by atoms with Gasteiger partial charge in [0.1, 0.15) is 5.82 Å². The van der Waals surface area contributed by atoms with E-state index in [0.29, 0.717) is 19.1 Å². The number of nitrogens with zero attached hydrogens (tertiary/aromatic N) is 3. The fourth-order valence-corrected chi connectivity index (χ4v) is 3.25. The van der Waals surface area contributed by atoms with Crippen LogP contribution in [0.3, 0.4) is 0 Å². The Bertz CT molecular complexity index is 739. The molecule has 1 saturated heterocycles. The van der Waals surface area contributed by atoms with Crippen LogP contribution in [0.25, 0.3) is 5.69 Å². The number of ether oxygens (including phenoxy) is 1. The Morgan fingerprint density at radius 3 is 2.84 bits per heavy atom. The van der Waals surface area contributed by atoms with E-state index in [2.05, 4.69) is 10.2 Å². The van der Waals surface area contributed by atoms with Crippen LogP contribution in [0.1, 0.15) is 31.4 Å². The highest BCUT2D eigenvalue weighted by Gasteiger charge is 2.28. The van der Waals surface area contributed by atoms with E-state index >= 15 is 0 Å². The number of carbonyl (C=O) groups is 1. The number of carbonyl (C=O) groups excluding carboxylic acids is 1. The zero-order valence-electron chi connectivity index (χ0n) is 14.5. The number of aromatic nitrogens is 2. The Hall–Kier alpha value is -2.18. The smallest absolute Gasteiger partial charge is 0.239 e. The van der Waals surface area contributed by atoms with Gasteiger partial charge in [-0.2, -0.15) is 5.10 Å². The molecule has 1 aliphatic heterocycles. The van der Waals surface area contributed by atoms with Crippen LogP contribution in [0, 0.1) is 0 Å². The second kappa shape index (κ2) is 6.98. The minimum absolute atomic E-state index is 0.00599. The van der Waals surface area contributed by atoms with Gasteiger partial charge in [-0.25, -0.2) is 4.68 Å². The summed E-state index contributed by atoms with van der Waals surface area (Å²) >= 11 is 0. The van der Waals surface area contributed by atoms with Crippen molar-refractivity contribution in [1.29, 1.82) is 0 Å². The molecular weight excluding hydrogens is 316 g/mol. The molecule has 1 saturated carbocycles. The molecular formula is C19H24N4O2. The molecule has 1 aromatic carbocycles. The lowest BCUT2D eigenvalue weighted by molar-refractivity contribution is -0.119. The Labute approximate surface area is 147 Å². The predicted molar refractivity (Wildman–Crippen MR) is 96.0 cm³/mol. The maximum absolute atomic E-state index is 12.5. The number of hydrogen-bond acceptors (Lipinski definition) is 4. The molecule has 25 heavy (non-hydrogen) atoms. The minimum atomic E-state index is -0.00599. The normalized spacial score (nSPS) is 21.2. The van der Waals surface area contributed by atoms with Crippen molar-refractivity contribution in [3.63, 3.8) is 0 Å². The van der Waals surface area contributed by atoms with E-state index in [-0.39, 0.29) is 12.0 Å². The fraction of sp³-hybridized carbons (Fsp3) is 0.474. The molecule has 2 heterocycles. The molecule has 0 bridgehead atoms. The van der Waals surface area contributed by atoms with E-state index in [1.54, 1.807) is 0 Å². The first-order chi connectivity index (χ1) is 12.2. The summed E-state index contributed by atoms with van der Waals surface area (Å²) in [4.78, 5) is 14.7. The summed E-state index contributed by atoms with van der Waals surface area (Å²) in [5.74, 6) is 1.29. The third kappa shape index (κ3) is 3.91. The number of hydrogen-bond donors (Lipinski definition) is 1. The summed E-state index contributed by atoms with van der Waals surface area (Å²) < 4.78 is 7.37. The number of rotatable bonds is 5. The van der Waals surface area contributed by atoms with E-state index in [9.17, 15) is 4.79 Å². The van der Waals surface area contributed by atoms with Crippen molar-refractivity contribution in [2.45, 2.75) is 31.8 Å². The van der Waals surface area contributed by atoms with Gasteiger partial charge in [-0.15, -0.1) is 0 Å². The molecule has 6 heteroatoms. The average molecular weight is 340 g/mol. The van der Waals surface area contributed by atoms with Crippen LogP contribution in [0.4, 0.5) is 5.82 Å². The summed E-state index contributed by atoms with van der Waals surface area (Å²) in [7, 11) is 0. The van der Waals surface area contributed by atoms with Gasteiger partial charge >= 0.3 is 0 Å². The highest BCUT2D eigenvalue weighted by Crippen LogP contribution is 2.40. The number of amides is 1. The van der Waals surface area contributed by atoms with E-state index < -0.39 is 0 Å². The predicted octanol–water partition coefficient (Wildman–Crippen LogP) is 2.41. The first-order valence-electron chi connectivity index (χ1n) is 8.98. The van der Waals surface area contributed by atoms with Crippen LogP contribution in [0.15, 0.2) is 36.4 Å². The molecule has 2 fully saturated rings. The lowest BCUT2D eigenvalue weighted by atomic mass is 10.3.